The Hall–Kier alpha value is -2.08. The first-order valence-corrected chi connectivity index (χ1v) is 10.1. The van der Waals surface area contributed by atoms with Crippen molar-refractivity contribution >= 4 is 46.1 Å². The summed E-state index contributed by atoms with van der Waals surface area (Å²) in [5, 5.41) is 6.90. The van der Waals surface area contributed by atoms with E-state index in [-0.39, 0.29) is 5.91 Å². The molecule has 1 aliphatic rings. The number of thiazole rings is 1. The van der Waals surface area contributed by atoms with Crippen molar-refractivity contribution in [3.05, 3.63) is 62.4 Å². The molecule has 1 aromatic heterocycles. The minimum atomic E-state index is -0.309. The van der Waals surface area contributed by atoms with Crippen molar-refractivity contribution in [2.75, 3.05) is 12.4 Å². The van der Waals surface area contributed by atoms with E-state index in [1.807, 2.05) is 17.5 Å². The lowest BCUT2D eigenvalue weighted by Crippen LogP contribution is -2.12. The largest absolute Gasteiger partial charge is 0.497 e. The standard InChI is InChI=1S/C20H16Cl2N2O2S/c1-26-13-5-7-15(17(22)9-13)19(25)23-12-4-6-14(16(21)8-12)18-10-27-20(24-18)11-2-3-11/h4-11H,2-3H2,1H3,(H,23,25). The molecule has 3 aromatic rings. The molecular weight excluding hydrogens is 403 g/mol. The highest BCUT2D eigenvalue weighted by Gasteiger charge is 2.27. The lowest BCUT2D eigenvalue weighted by molar-refractivity contribution is 0.102. The highest BCUT2D eigenvalue weighted by atomic mass is 35.5. The smallest absolute Gasteiger partial charge is 0.257 e. The molecule has 4 nitrogen and oxygen atoms in total. The van der Waals surface area contributed by atoms with E-state index >= 15 is 0 Å². The first kappa shape index (κ1) is 18.3. The number of aromatic nitrogens is 1. The van der Waals surface area contributed by atoms with Gasteiger partial charge in [0, 0.05) is 22.5 Å². The molecule has 1 aliphatic carbocycles. The second-order valence-corrected chi connectivity index (χ2v) is 8.04. The predicted octanol–water partition coefficient (Wildman–Crippen LogP) is 6.26. The number of ether oxygens (including phenoxy) is 1. The first-order chi connectivity index (χ1) is 13.0. The van der Waals surface area contributed by atoms with Gasteiger partial charge in [0.2, 0.25) is 0 Å². The number of amides is 1. The topological polar surface area (TPSA) is 51.2 Å². The number of rotatable bonds is 5. The van der Waals surface area contributed by atoms with Crippen LogP contribution in [0.25, 0.3) is 11.3 Å². The number of hydrogen-bond donors (Lipinski definition) is 1. The zero-order valence-electron chi connectivity index (χ0n) is 14.5. The number of anilines is 1. The van der Waals surface area contributed by atoms with E-state index in [2.05, 4.69) is 10.3 Å². The van der Waals surface area contributed by atoms with Crippen LogP contribution in [0, 0.1) is 0 Å². The van der Waals surface area contributed by atoms with Crippen LogP contribution in [0.2, 0.25) is 10.0 Å². The summed E-state index contributed by atoms with van der Waals surface area (Å²) >= 11 is 14.3. The lowest BCUT2D eigenvalue weighted by atomic mass is 10.1. The number of nitrogens with zero attached hydrogens (tertiary/aromatic N) is 1. The molecular formula is C20H16Cl2N2O2S. The minimum absolute atomic E-state index is 0.309. The van der Waals surface area contributed by atoms with Gasteiger partial charge in [-0.15, -0.1) is 11.3 Å². The molecule has 4 rings (SSSR count). The number of benzene rings is 2. The van der Waals surface area contributed by atoms with E-state index in [1.54, 1.807) is 42.7 Å². The summed E-state index contributed by atoms with van der Waals surface area (Å²) in [5.41, 5.74) is 2.70. The highest BCUT2D eigenvalue weighted by molar-refractivity contribution is 7.10. The SMILES string of the molecule is COc1ccc(C(=O)Nc2ccc(-c3csc(C4CC4)n3)c(Cl)c2)c(Cl)c1. The lowest BCUT2D eigenvalue weighted by Gasteiger charge is -2.10. The summed E-state index contributed by atoms with van der Waals surface area (Å²) < 4.78 is 5.10. The molecule has 138 valence electrons. The van der Waals surface area contributed by atoms with Crippen LogP contribution in [0.4, 0.5) is 5.69 Å². The fourth-order valence-electron chi connectivity index (χ4n) is 2.74. The van der Waals surface area contributed by atoms with Crippen molar-refractivity contribution in [3.8, 4) is 17.0 Å². The van der Waals surface area contributed by atoms with Crippen molar-refractivity contribution in [1.29, 1.82) is 0 Å². The zero-order valence-corrected chi connectivity index (χ0v) is 16.8. The average Bonchev–Trinajstić information content (AvgIpc) is 3.39. The van der Waals surface area contributed by atoms with Crippen LogP contribution < -0.4 is 10.1 Å². The second-order valence-electron chi connectivity index (χ2n) is 6.34. The summed E-state index contributed by atoms with van der Waals surface area (Å²) in [6.45, 7) is 0. The molecule has 1 saturated carbocycles. The number of hydrogen-bond acceptors (Lipinski definition) is 4. The Balaban J connectivity index is 1.52. The molecule has 0 spiro atoms. The van der Waals surface area contributed by atoms with Crippen molar-refractivity contribution in [2.24, 2.45) is 0 Å². The first-order valence-electron chi connectivity index (χ1n) is 8.45. The summed E-state index contributed by atoms with van der Waals surface area (Å²) in [6, 6.07) is 10.3. The summed E-state index contributed by atoms with van der Waals surface area (Å²) in [5.74, 6) is 0.907. The Morgan fingerprint density at radius 2 is 2.00 bits per heavy atom. The normalized spacial score (nSPS) is 13.4. The van der Waals surface area contributed by atoms with Crippen LogP contribution >= 0.6 is 34.5 Å². The van der Waals surface area contributed by atoms with Crippen molar-refractivity contribution in [3.63, 3.8) is 0 Å². The van der Waals surface area contributed by atoms with E-state index in [0.29, 0.717) is 33.0 Å². The molecule has 0 atom stereocenters. The molecule has 0 aliphatic heterocycles. The maximum atomic E-state index is 12.5. The van der Waals surface area contributed by atoms with Gasteiger partial charge in [0.05, 0.1) is 33.4 Å². The Bertz CT molecular complexity index is 1010. The third-order valence-corrected chi connectivity index (χ3v) is 6.00. The van der Waals surface area contributed by atoms with Crippen molar-refractivity contribution in [1.82, 2.24) is 4.98 Å². The van der Waals surface area contributed by atoms with Crippen LogP contribution in [0.3, 0.4) is 0 Å². The number of nitrogens with one attached hydrogen (secondary N) is 1. The van der Waals surface area contributed by atoms with E-state index in [4.69, 9.17) is 27.9 Å². The summed E-state index contributed by atoms with van der Waals surface area (Å²) in [7, 11) is 1.55. The molecule has 1 N–H and O–H groups in total. The van der Waals surface area contributed by atoms with Gasteiger partial charge in [-0.25, -0.2) is 4.98 Å². The van der Waals surface area contributed by atoms with E-state index in [1.165, 1.54) is 17.8 Å². The van der Waals surface area contributed by atoms with Crippen molar-refractivity contribution < 1.29 is 9.53 Å². The van der Waals surface area contributed by atoms with Crippen LogP contribution in [0.15, 0.2) is 41.8 Å². The predicted molar refractivity (Wildman–Crippen MR) is 110 cm³/mol. The highest BCUT2D eigenvalue weighted by Crippen LogP contribution is 2.43. The van der Waals surface area contributed by atoms with Gasteiger partial charge in [0.1, 0.15) is 5.75 Å². The molecule has 1 heterocycles. The molecule has 1 fully saturated rings. The van der Waals surface area contributed by atoms with Crippen LogP contribution in [-0.4, -0.2) is 18.0 Å². The third-order valence-electron chi connectivity index (χ3n) is 4.37. The summed E-state index contributed by atoms with van der Waals surface area (Å²) in [6.07, 6.45) is 2.44. The number of methoxy groups -OCH3 is 1. The zero-order chi connectivity index (χ0) is 19.0. The maximum Gasteiger partial charge on any atom is 0.257 e. The van der Waals surface area contributed by atoms with Gasteiger partial charge in [-0.05, 0) is 49.2 Å². The van der Waals surface area contributed by atoms with E-state index in [9.17, 15) is 4.79 Å². The monoisotopic (exact) mass is 418 g/mol. The Morgan fingerprint density at radius 1 is 1.19 bits per heavy atom. The number of carbonyl (C=O) groups excluding carboxylic acids is 1. The van der Waals surface area contributed by atoms with Gasteiger partial charge >= 0.3 is 0 Å². The molecule has 0 saturated heterocycles. The molecule has 1 amide bonds. The fourth-order valence-corrected chi connectivity index (χ4v) is 4.26. The van der Waals surface area contributed by atoms with Gasteiger partial charge in [0.25, 0.3) is 5.91 Å². The van der Waals surface area contributed by atoms with Gasteiger partial charge in [-0.3, -0.25) is 4.79 Å². The third kappa shape index (κ3) is 3.95. The Labute approximate surface area is 171 Å². The van der Waals surface area contributed by atoms with Gasteiger partial charge < -0.3 is 10.1 Å². The van der Waals surface area contributed by atoms with Gasteiger partial charge in [0.15, 0.2) is 0 Å². The van der Waals surface area contributed by atoms with Gasteiger partial charge in [-0.1, -0.05) is 23.2 Å². The molecule has 0 bridgehead atoms. The van der Waals surface area contributed by atoms with Crippen LogP contribution in [0.1, 0.15) is 34.1 Å². The quantitative estimate of drug-likeness (QED) is 0.532. The maximum absolute atomic E-state index is 12.5. The fraction of sp³-hybridized carbons (Fsp3) is 0.200. The molecule has 2 aromatic carbocycles. The number of carbonyl (C=O) groups is 1. The average molecular weight is 419 g/mol. The minimum Gasteiger partial charge on any atom is -0.497 e. The van der Waals surface area contributed by atoms with E-state index in [0.717, 1.165) is 11.3 Å². The Morgan fingerprint density at radius 3 is 2.67 bits per heavy atom. The van der Waals surface area contributed by atoms with Crippen LogP contribution in [-0.2, 0) is 0 Å². The van der Waals surface area contributed by atoms with Gasteiger partial charge in [-0.2, -0.15) is 0 Å². The molecule has 0 radical (unpaired) electrons. The second kappa shape index (κ2) is 7.50. The van der Waals surface area contributed by atoms with E-state index < -0.39 is 0 Å². The number of halogens is 2. The van der Waals surface area contributed by atoms with Crippen LogP contribution in [0.5, 0.6) is 5.75 Å². The van der Waals surface area contributed by atoms with Crippen molar-refractivity contribution in [2.45, 2.75) is 18.8 Å². The molecule has 0 unspecified atom stereocenters. The summed E-state index contributed by atoms with van der Waals surface area (Å²) in [4.78, 5) is 17.2. The molecule has 27 heavy (non-hydrogen) atoms. The molecule has 7 heteroatoms. The Kier molecular flexibility index (Phi) is 5.08.